The number of thiophene rings is 1. The van der Waals surface area contributed by atoms with Crippen LogP contribution in [0.15, 0.2) is 36.4 Å². The number of aromatic nitrogens is 3. The number of benzene rings is 1. The smallest absolute Gasteiger partial charge is 0.387 e. The quantitative estimate of drug-likeness (QED) is 0.799. The van der Waals surface area contributed by atoms with E-state index in [2.05, 4.69) is 14.9 Å². The monoisotopic (exact) mass is 326 g/mol. The van der Waals surface area contributed by atoms with E-state index in [0.29, 0.717) is 4.88 Å². The predicted molar refractivity (Wildman–Crippen MR) is 75.7 cm³/mol. The zero-order valence-electron chi connectivity index (χ0n) is 10.9. The van der Waals surface area contributed by atoms with Crippen LogP contribution >= 0.6 is 11.3 Å². The average molecular weight is 326 g/mol. The molecular weight excluding hydrogens is 317 g/mol. The van der Waals surface area contributed by atoms with Gasteiger partial charge in [-0.05, 0) is 24.3 Å². The van der Waals surface area contributed by atoms with Crippen molar-refractivity contribution in [2.75, 3.05) is 5.73 Å². The number of nitrogens with two attached hydrogens (primary N) is 1. The van der Waals surface area contributed by atoms with Crippen molar-refractivity contribution >= 4 is 17.3 Å². The van der Waals surface area contributed by atoms with Gasteiger partial charge in [0.2, 0.25) is 5.95 Å². The Morgan fingerprint density at radius 2 is 1.91 bits per heavy atom. The summed E-state index contributed by atoms with van der Waals surface area (Å²) in [6, 6.07) is 8.87. The fourth-order valence-electron chi connectivity index (χ4n) is 1.97. The van der Waals surface area contributed by atoms with Gasteiger partial charge in [-0.1, -0.05) is 12.1 Å². The summed E-state index contributed by atoms with van der Waals surface area (Å²) in [6.07, 6.45) is 0. The number of rotatable bonds is 4. The summed E-state index contributed by atoms with van der Waals surface area (Å²) in [5.41, 5.74) is 6.02. The summed E-state index contributed by atoms with van der Waals surface area (Å²) < 4.78 is 44.1. The first-order chi connectivity index (χ1) is 10.6. The molecule has 2 aromatic heterocycles. The Bertz CT molecular complexity index is 802. The number of anilines is 1. The van der Waals surface area contributed by atoms with Crippen molar-refractivity contribution in [3.63, 3.8) is 0 Å². The molecule has 0 unspecified atom stereocenters. The van der Waals surface area contributed by atoms with Gasteiger partial charge in [0.1, 0.15) is 5.75 Å². The van der Waals surface area contributed by atoms with Crippen LogP contribution in [0.4, 0.5) is 19.1 Å². The van der Waals surface area contributed by atoms with Gasteiger partial charge in [-0.25, -0.2) is 0 Å². The molecule has 0 fully saturated rings. The molecule has 114 valence electrons. The standard InChI is InChI=1S/C13H9F3N4OS/c14-10-6-5-9(22-10)11-18-19-13(17)20(11)7-3-1-2-4-8(7)21-12(15)16/h1-6,12H,(H2,17,19). The van der Waals surface area contributed by atoms with Crippen LogP contribution in [0.3, 0.4) is 0 Å². The SMILES string of the molecule is Nc1nnc(-c2ccc(F)s2)n1-c1ccccc1OC(F)F. The van der Waals surface area contributed by atoms with Crippen molar-refractivity contribution in [3.05, 3.63) is 41.5 Å². The Balaban J connectivity index is 2.15. The van der Waals surface area contributed by atoms with Gasteiger partial charge in [-0.15, -0.1) is 21.5 Å². The molecule has 0 spiro atoms. The van der Waals surface area contributed by atoms with Gasteiger partial charge in [-0.2, -0.15) is 13.2 Å². The van der Waals surface area contributed by atoms with Crippen LogP contribution in [0.25, 0.3) is 16.4 Å². The summed E-state index contributed by atoms with van der Waals surface area (Å²) >= 11 is 0.848. The Hall–Kier alpha value is -2.55. The highest BCUT2D eigenvalue weighted by atomic mass is 32.1. The zero-order valence-corrected chi connectivity index (χ0v) is 11.7. The molecule has 22 heavy (non-hydrogen) atoms. The van der Waals surface area contributed by atoms with Gasteiger partial charge in [0.05, 0.1) is 10.6 Å². The number of halogens is 3. The molecule has 5 nitrogen and oxygen atoms in total. The number of ether oxygens (including phenoxy) is 1. The van der Waals surface area contributed by atoms with E-state index in [-0.39, 0.29) is 23.2 Å². The molecule has 9 heteroatoms. The molecule has 0 radical (unpaired) electrons. The molecule has 0 aliphatic rings. The highest BCUT2D eigenvalue weighted by Gasteiger charge is 2.19. The number of nitrogen functional groups attached to an aromatic ring is 1. The van der Waals surface area contributed by atoms with Gasteiger partial charge >= 0.3 is 6.61 Å². The first kappa shape index (κ1) is 14.4. The lowest BCUT2D eigenvalue weighted by molar-refractivity contribution is -0.0498. The van der Waals surface area contributed by atoms with Crippen molar-refractivity contribution in [2.24, 2.45) is 0 Å². The van der Waals surface area contributed by atoms with Crippen LogP contribution < -0.4 is 10.5 Å². The Kier molecular flexibility index (Phi) is 3.72. The third kappa shape index (κ3) is 2.62. The van der Waals surface area contributed by atoms with E-state index in [0.717, 1.165) is 11.3 Å². The van der Waals surface area contributed by atoms with Gasteiger partial charge in [0, 0.05) is 0 Å². The molecule has 3 aromatic rings. The summed E-state index contributed by atoms with van der Waals surface area (Å²) in [4.78, 5) is 0.466. The Morgan fingerprint density at radius 3 is 2.59 bits per heavy atom. The van der Waals surface area contributed by atoms with Crippen LogP contribution in [-0.4, -0.2) is 21.4 Å². The predicted octanol–water partition coefficient (Wildman–Crippen LogP) is 3.32. The third-order valence-corrected chi connectivity index (χ3v) is 3.67. The van der Waals surface area contributed by atoms with Crippen LogP contribution in [0.1, 0.15) is 0 Å². The lowest BCUT2D eigenvalue weighted by Gasteiger charge is -2.13. The van der Waals surface area contributed by atoms with Crippen molar-refractivity contribution in [3.8, 4) is 22.1 Å². The van der Waals surface area contributed by atoms with E-state index in [9.17, 15) is 13.2 Å². The molecule has 1 aromatic carbocycles. The summed E-state index contributed by atoms with van der Waals surface area (Å²) in [5.74, 6) is 0.146. The number of hydrogen-bond acceptors (Lipinski definition) is 5. The largest absolute Gasteiger partial charge is 0.433 e. The lowest BCUT2D eigenvalue weighted by atomic mass is 10.3. The lowest BCUT2D eigenvalue weighted by Crippen LogP contribution is -2.08. The summed E-state index contributed by atoms with van der Waals surface area (Å²) in [5, 5.41) is 7.21. The fraction of sp³-hybridized carbons (Fsp3) is 0.0769. The number of nitrogens with zero attached hydrogens (tertiary/aromatic N) is 3. The van der Waals surface area contributed by atoms with Gasteiger partial charge in [-0.3, -0.25) is 4.57 Å². The second-order valence-electron chi connectivity index (χ2n) is 4.17. The first-order valence-corrected chi connectivity index (χ1v) is 6.88. The third-order valence-electron chi connectivity index (χ3n) is 2.80. The van der Waals surface area contributed by atoms with Crippen LogP contribution in [-0.2, 0) is 0 Å². The highest BCUT2D eigenvalue weighted by molar-refractivity contribution is 7.13. The van der Waals surface area contributed by atoms with Crippen LogP contribution in [0.5, 0.6) is 5.75 Å². The normalized spacial score (nSPS) is 11.1. The van der Waals surface area contributed by atoms with Crippen molar-refractivity contribution in [2.45, 2.75) is 6.61 Å². The zero-order chi connectivity index (χ0) is 15.7. The molecule has 0 amide bonds. The van der Waals surface area contributed by atoms with Crippen LogP contribution in [0.2, 0.25) is 0 Å². The maximum absolute atomic E-state index is 13.2. The van der Waals surface area contributed by atoms with Crippen LogP contribution in [0, 0.1) is 5.13 Å². The van der Waals surface area contributed by atoms with E-state index in [4.69, 9.17) is 5.73 Å². The number of alkyl halides is 2. The number of hydrogen-bond donors (Lipinski definition) is 1. The molecule has 0 aliphatic heterocycles. The Morgan fingerprint density at radius 1 is 1.14 bits per heavy atom. The van der Waals surface area contributed by atoms with Gasteiger partial charge in [0.25, 0.3) is 0 Å². The van der Waals surface area contributed by atoms with E-state index in [1.165, 1.54) is 28.8 Å². The second-order valence-corrected chi connectivity index (χ2v) is 5.20. The molecule has 2 heterocycles. The van der Waals surface area contributed by atoms with Crippen molar-refractivity contribution in [1.29, 1.82) is 0 Å². The fourth-order valence-corrected chi connectivity index (χ4v) is 2.67. The minimum atomic E-state index is -2.98. The second kappa shape index (κ2) is 5.68. The average Bonchev–Trinajstić information content (AvgIpc) is 3.05. The van der Waals surface area contributed by atoms with Crippen molar-refractivity contribution in [1.82, 2.24) is 14.8 Å². The van der Waals surface area contributed by atoms with Gasteiger partial charge < -0.3 is 10.5 Å². The highest BCUT2D eigenvalue weighted by Crippen LogP contribution is 2.33. The maximum atomic E-state index is 13.2. The summed E-state index contributed by atoms with van der Waals surface area (Å²) in [7, 11) is 0. The van der Waals surface area contributed by atoms with E-state index in [1.54, 1.807) is 12.1 Å². The molecule has 2 N–H and O–H groups in total. The molecule has 3 rings (SSSR count). The topological polar surface area (TPSA) is 66.0 Å². The van der Waals surface area contributed by atoms with E-state index in [1.807, 2.05) is 0 Å². The molecular formula is C13H9F3N4OS. The number of para-hydroxylation sites is 2. The maximum Gasteiger partial charge on any atom is 0.387 e. The van der Waals surface area contributed by atoms with E-state index < -0.39 is 11.7 Å². The minimum absolute atomic E-state index is 0.0193. The molecule has 0 aliphatic carbocycles. The van der Waals surface area contributed by atoms with E-state index >= 15 is 0 Å². The molecule has 0 bridgehead atoms. The van der Waals surface area contributed by atoms with Gasteiger partial charge in [0.15, 0.2) is 11.0 Å². The minimum Gasteiger partial charge on any atom is -0.433 e. The molecule has 0 saturated carbocycles. The van der Waals surface area contributed by atoms with Crippen molar-refractivity contribution < 1.29 is 17.9 Å². The molecule has 0 saturated heterocycles. The Labute approximate surface area is 126 Å². The molecule has 0 atom stereocenters. The summed E-state index contributed by atoms with van der Waals surface area (Å²) in [6.45, 7) is -2.98. The first-order valence-electron chi connectivity index (χ1n) is 6.07.